The standard InChI is InChI=1S/C19H22ClN3O2/c20-16-6-4-14(5-7-16)19(25)23-17-3-1-2-13(8-17)9-21-10-15-11-22-12-18(15)24/h1-8,15,18,21-22,24H,9-12H2,(H,23,25). The van der Waals surface area contributed by atoms with E-state index in [-0.39, 0.29) is 17.9 Å². The Kier molecular flexibility index (Phi) is 6.04. The van der Waals surface area contributed by atoms with Crippen molar-refractivity contribution >= 4 is 23.2 Å². The van der Waals surface area contributed by atoms with Crippen molar-refractivity contribution in [2.75, 3.05) is 25.0 Å². The number of benzene rings is 2. The minimum atomic E-state index is -0.280. The van der Waals surface area contributed by atoms with E-state index >= 15 is 0 Å². The Morgan fingerprint density at radius 3 is 2.72 bits per heavy atom. The maximum Gasteiger partial charge on any atom is 0.255 e. The summed E-state index contributed by atoms with van der Waals surface area (Å²) >= 11 is 5.84. The number of carbonyl (C=O) groups is 1. The number of halogens is 1. The average molecular weight is 360 g/mol. The third-order valence-corrected chi connectivity index (χ3v) is 4.58. The summed E-state index contributed by atoms with van der Waals surface area (Å²) in [6.07, 6.45) is -0.280. The smallest absolute Gasteiger partial charge is 0.255 e. The van der Waals surface area contributed by atoms with Gasteiger partial charge in [-0.25, -0.2) is 0 Å². The molecule has 6 heteroatoms. The zero-order valence-electron chi connectivity index (χ0n) is 13.8. The SMILES string of the molecule is O=C(Nc1cccc(CNCC2CNCC2O)c1)c1ccc(Cl)cc1. The molecule has 1 aliphatic heterocycles. The van der Waals surface area contributed by atoms with Gasteiger partial charge in [0.2, 0.25) is 0 Å². The number of carbonyl (C=O) groups excluding carboxylic acids is 1. The first-order valence-electron chi connectivity index (χ1n) is 8.37. The predicted octanol–water partition coefficient (Wildman–Crippen LogP) is 2.26. The van der Waals surface area contributed by atoms with Crippen LogP contribution in [0.1, 0.15) is 15.9 Å². The van der Waals surface area contributed by atoms with E-state index in [0.717, 1.165) is 24.3 Å². The fraction of sp³-hybridized carbons (Fsp3) is 0.316. The molecule has 0 saturated carbocycles. The average Bonchev–Trinajstić information content (AvgIpc) is 3.01. The van der Waals surface area contributed by atoms with E-state index in [1.807, 2.05) is 24.3 Å². The van der Waals surface area contributed by atoms with Gasteiger partial charge in [0.05, 0.1) is 6.10 Å². The van der Waals surface area contributed by atoms with Gasteiger partial charge in [-0.15, -0.1) is 0 Å². The minimum Gasteiger partial charge on any atom is -0.391 e. The summed E-state index contributed by atoms with van der Waals surface area (Å²) in [5.41, 5.74) is 2.40. The third kappa shape index (κ3) is 5.03. The second-order valence-corrected chi connectivity index (χ2v) is 6.71. The number of aliphatic hydroxyl groups is 1. The normalized spacial score (nSPS) is 19.8. The summed E-state index contributed by atoms with van der Waals surface area (Å²) in [6, 6.07) is 14.5. The van der Waals surface area contributed by atoms with Crippen molar-refractivity contribution in [3.8, 4) is 0 Å². The molecule has 1 saturated heterocycles. The van der Waals surface area contributed by atoms with Gasteiger partial charge in [-0.3, -0.25) is 4.79 Å². The quantitative estimate of drug-likeness (QED) is 0.638. The molecule has 132 valence electrons. The Morgan fingerprint density at radius 1 is 1.20 bits per heavy atom. The zero-order valence-corrected chi connectivity index (χ0v) is 14.6. The van der Waals surface area contributed by atoms with Gasteiger partial charge in [0.15, 0.2) is 0 Å². The number of amides is 1. The molecule has 1 amide bonds. The summed E-state index contributed by atoms with van der Waals surface area (Å²) in [5.74, 6) is 0.0784. The van der Waals surface area contributed by atoms with Crippen molar-refractivity contribution in [1.29, 1.82) is 0 Å². The number of aliphatic hydroxyl groups excluding tert-OH is 1. The van der Waals surface area contributed by atoms with E-state index in [4.69, 9.17) is 11.6 Å². The van der Waals surface area contributed by atoms with Crippen molar-refractivity contribution in [3.63, 3.8) is 0 Å². The van der Waals surface area contributed by atoms with Gasteiger partial charge in [-0.05, 0) is 42.0 Å². The Hall–Kier alpha value is -1.92. The molecule has 0 radical (unpaired) electrons. The van der Waals surface area contributed by atoms with Crippen molar-refractivity contribution in [2.45, 2.75) is 12.6 Å². The predicted molar refractivity (Wildman–Crippen MR) is 99.9 cm³/mol. The first-order chi connectivity index (χ1) is 12.1. The highest BCUT2D eigenvalue weighted by atomic mass is 35.5. The molecule has 0 spiro atoms. The highest BCUT2D eigenvalue weighted by Crippen LogP contribution is 2.15. The van der Waals surface area contributed by atoms with Crippen LogP contribution >= 0.6 is 11.6 Å². The lowest BCUT2D eigenvalue weighted by molar-refractivity contribution is 0.102. The van der Waals surface area contributed by atoms with Gasteiger partial charge in [0.1, 0.15) is 0 Å². The first kappa shape index (κ1) is 17.9. The number of β-amino-alcohol motifs (C(OH)–C–C–N with tert-alkyl or cyclic N) is 1. The summed E-state index contributed by atoms with van der Waals surface area (Å²) in [4.78, 5) is 12.3. The molecular weight excluding hydrogens is 338 g/mol. The topological polar surface area (TPSA) is 73.4 Å². The maximum absolute atomic E-state index is 12.3. The van der Waals surface area contributed by atoms with E-state index in [2.05, 4.69) is 16.0 Å². The van der Waals surface area contributed by atoms with E-state index < -0.39 is 0 Å². The number of rotatable bonds is 6. The summed E-state index contributed by atoms with van der Waals surface area (Å²) in [5, 5.41) is 19.8. The molecule has 25 heavy (non-hydrogen) atoms. The molecule has 2 aromatic carbocycles. The van der Waals surface area contributed by atoms with Gasteiger partial charge in [0.25, 0.3) is 5.91 Å². The molecule has 4 N–H and O–H groups in total. The Balaban J connectivity index is 1.54. The Bertz CT molecular complexity index is 721. The van der Waals surface area contributed by atoms with Gasteiger partial charge in [-0.2, -0.15) is 0 Å². The monoisotopic (exact) mass is 359 g/mol. The lowest BCUT2D eigenvalue weighted by Crippen LogP contribution is -2.30. The maximum atomic E-state index is 12.3. The number of hydrogen-bond acceptors (Lipinski definition) is 4. The molecule has 0 aromatic heterocycles. The molecule has 5 nitrogen and oxygen atoms in total. The van der Waals surface area contributed by atoms with Crippen LogP contribution in [0.4, 0.5) is 5.69 Å². The van der Waals surface area contributed by atoms with E-state index in [9.17, 15) is 9.90 Å². The lowest BCUT2D eigenvalue weighted by atomic mass is 10.1. The van der Waals surface area contributed by atoms with Gasteiger partial charge in [0, 0.05) is 48.4 Å². The minimum absolute atomic E-state index is 0.165. The number of anilines is 1. The molecule has 2 atom stereocenters. The largest absolute Gasteiger partial charge is 0.391 e. The third-order valence-electron chi connectivity index (χ3n) is 4.33. The van der Waals surface area contributed by atoms with Crippen LogP contribution in [0.15, 0.2) is 48.5 Å². The fourth-order valence-electron chi connectivity index (χ4n) is 2.89. The van der Waals surface area contributed by atoms with Crippen LogP contribution in [0, 0.1) is 5.92 Å². The summed E-state index contributed by atoms with van der Waals surface area (Å²) < 4.78 is 0. The molecule has 2 aromatic rings. The van der Waals surface area contributed by atoms with E-state index in [0.29, 0.717) is 23.7 Å². The van der Waals surface area contributed by atoms with Crippen molar-refractivity contribution in [3.05, 3.63) is 64.7 Å². The number of nitrogens with one attached hydrogen (secondary N) is 3. The highest BCUT2D eigenvalue weighted by molar-refractivity contribution is 6.30. The van der Waals surface area contributed by atoms with Crippen LogP contribution < -0.4 is 16.0 Å². The molecule has 0 bridgehead atoms. The second-order valence-electron chi connectivity index (χ2n) is 6.28. The molecule has 3 rings (SSSR count). The van der Waals surface area contributed by atoms with Gasteiger partial charge >= 0.3 is 0 Å². The zero-order chi connectivity index (χ0) is 17.6. The van der Waals surface area contributed by atoms with Crippen LogP contribution in [0.25, 0.3) is 0 Å². The first-order valence-corrected chi connectivity index (χ1v) is 8.75. The van der Waals surface area contributed by atoms with Crippen LogP contribution in [-0.4, -0.2) is 36.8 Å². The lowest BCUT2D eigenvalue weighted by Gasteiger charge is -2.14. The molecular formula is C19H22ClN3O2. The van der Waals surface area contributed by atoms with Crippen molar-refractivity contribution < 1.29 is 9.90 Å². The van der Waals surface area contributed by atoms with Crippen molar-refractivity contribution in [1.82, 2.24) is 10.6 Å². The Morgan fingerprint density at radius 2 is 2.00 bits per heavy atom. The van der Waals surface area contributed by atoms with Crippen LogP contribution in [0.5, 0.6) is 0 Å². The van der Waals surface area contributed by atoms with Crippen LogP contribution in [-0.2, 0) is 6.54 Å². The fourth-order valence-corrected chi connectivity index (χ4v) is 3.02. The highest BCUT2D eigenvalue weighted by Gasteiger charge is 2.23. The van der Waals surface area contributed by atoms with E-state index in [1.54, 1.807) is 24.3 Å². The van der Waals surface area contributed by atoms with Crippen molar-refractivity contribution in [2.24, 2.45) is 5.92 Å². The molecule has 0 aliphatic carbocycles. The molecule has 1 aliphatic rings. The number of hydrogen-bond donors (Lipinski definition) is 4. The van der Waals surface area contributed by atoms with Crippen LogP contribution in [0.3, 0.4) is 0 Å². The van der Waals surface area contributed by atoms with Gasteiger partial charge < -0.3 is 21.1 Å². The van der Waals surface area contributed by atoms with Gasteiger partial charge in [-0.1, -0.05) is 23.7 Å². The Labute approximate surface area is 152 Å². The molecule has 1 heterocycles. The molecule has 2 unspecified atom stereocenters. The molecule has 1 fully saturated rings. The van der Waals surface area contributed by atoms with E-state index in [1.165, 1.54) is 0 Å². The summed E-state index contributed by atoms with van der Waals surface area (Å²) in [6.45, 7) is 2.95. The second kappa shape index (κ2) is 8.45. The van der Waals surface area contributed by atoms with Crippen LogP contribution in [0.2, 0.25) is 5.02 Å². The summed E-state index contributed by atoms with van der Waals surface area (Å²) in [7, 11) is 0.